The number of allylic oxidation sites excluding steroid dienone is 2. The van der Waals surface area contributed by atoms with Crippen LogP contribution in [0.1, 0.15) is 44.2 Å². The molecule has 0 unspecified atom stereocenters. The first-order chi connectivity index (χ1) is 18.7. The standard InChI is InChI=1S/C31H36FN3O4/c1-21(2)19-33-29(37)27(18-22-8-4-3-5-9-22)35(20-23-12-14-24(32)15-13-23)28(36)16-17-34-30(38)25-10-6-7-11-26(25)31(34)39/h3-9,12-15,21,25-27H,10-11,16-20H2,1-2H3,(H,33,37)/t25-,26+,27-/m0/s1. The second-order valence-corrected chi connectivity index (χ2v) is 10.7. The Morgan fingerprint density at radius 3 is 2.15 bits per heavy atom. The summed E-state index contributed by atoms with van der Waals surface area (Å²) >= 11 is 0. The van der Waals surface area contributed by atoms with Crippen molar-refractivity contribution in [1.29, 1.82) is 0 Å². The van der Waals surface area contributed by atoms with Crippen LogP contribution in [0, 0.1) is 23.6 Å². The second-order valence-electron chi connectivity index (χ2n) is 10.7. The number of amides is 4. The minimum Gasteiger partial charge on any atom is -0.354 e. The quantitative estimate of drug-likeness (QED) is 0.351. The summed E-state index contributed by atoms with van der Waals surface area (Å²) in [4.78, 5) is 55.8. The van der Waals surface area contributed by atoms with Crippen LogP contribution >= 0.6 is 0 Å². The van der Waals surface area contributed by atoms with Crippen LogP contribution in [-0.4, -0.2) is 52.6 Å². The van der Waals surface area contributed by atoms with Crippen LogP contribution in [0.5, 0.6) is 0 Å². The number of hydrogen-bond acceptors (Lipinski definition) is 4. The number of fused-ring (bicyclic) bond motifs is 1. The molecule has 0 bridgehead atoms. The number of nitrogens with zero attached hydrogens (tertiary/aromatic N) is 2. The highest BCUT2D eigenvalue weighted by atomic mass is 19.1. The second kappa shape index (κ2) is 12.8. The van der Waals surface area contributed by atoms with Crippen LogP contribution < -0.4 is 5.32 Å². The molecule has 0 spiro atoms. The van der Waals surface area contributed by atoms with Crippen molar-refractivity contribution in [1.82, 2.24) is 15.1 Å². The molecular weight excluding hydrogens is 497 g/mol. The number of carbonyl (C=O) groups is 4. The van der Waals surface area contributed by atoms with Gasteiger partial charge in [0.2, 0.25) is 23.6 Å². The summed E-state index contributed by atoms with van der Waals surface area (Å²) < 4.78 is 13.6. The van der Waals surface area contributed by atoms with Crippen LogP contribution in [0.25, 0.3) is 0 Å². The largest absolute Gasteiger partial charge is 0.354 e. The van der Waals surface area contributed by atoms with Gasteiger partial charge in [-0.25, -0.2) is 4.39 Å². The first kappa shape index (κ1) is 28.2. The lowest BCUT2D eigenvalue weighted by Gasteiger charge is -2.32. The van der Waals surface area contributed by atoms with Crippen molar-refractivity contribution in [3.63, 3.8) is 0 Å². The SMILES string of the molecule is CC(C)CNC(=O)[C@H](Cc1ccccc1)N(Cc1ccc(F)cc1)C(=O)CCN1C(=O)[C@H]2CC=CC[C@H]2C1=O. The Morgan fingerprint density at radius 1 is 0.949 bits per heavy atom. The molecule has 1 aliphatic carbocycles. The summed E-state index contributed by atoms with van der Waals surface area (Å²) in [7, 11) is 0. The van der Waals surface area contributed by atoms with E-state index >= 15 is 0 Å². The lowest BCUT2D eigenvalue weighted by Crippen LogP contribution is -2.51. The van der Waals surface area contributed by atoms with Gasteiger partial charge in [-0.2, -0.15) is 0 Å². The number of benzene rings is 2. The van der Waals surface area contributed by atoms with Crippen LogP contribution in [0.3, 0.4) is 0 Å². The summed E-state index contributed by atoms with van der Waals surface area (Å²) in [5, 5.41) is 2.96. The molecule has 1 N–H and O–H groups in total. The van der Waals surface area contributed by atoms with E-state index in [1.807, 2.05) is 56.3 Å². The third-order valence-electron chi connectivity index (χ3n) is 7.37. The van der Waals surface area contributed by atoms with E-state index in [1.165, 1.54) is 21.9 Å². The van der Waals surface area contributed by atoms with Crippen molar-refractivity contribution in [3.8, 4) is 0 Å². The molecule has 8 heteroatoms. The van der Waals surface area contributed by atoms with Crippen LogP contribution in [0.15, 0.2) is 66.7 Å². The minimum absolute atomic E-state index is 0.0327. The van der Waals surface area contributed by atoms with E-state index in [0.717, 1.165) is 5.56 Å². The molecule has 0 aromatic heterocycles. The van der Waals surface area contributed by atoms with Crippen molar-refractivity contribution in [2.45, 2.75) is 52.1 Å². The van der Waals surface area contributed by atoms with E-state index in [-0.39, 0.29) is 67.3 Å². The molecule has 0 saturated carbocycles. The average molecular weight is 534 g/mol. The number of rotatable bonds is 11. The Balaban J connectivity index is 1.57. The first-order valence-electron chi connectivity index (χ1n) is 13.6. The Kier molecular flexibility index (Phi) is 9.28. The van der Waals surface area contributed by atoms with Crippen molar-refractivity contribution in [2.75, 3.05) is 13.1 Å². The van der Waals surface area contributed by atoms with Gasteiger partial charge < -0.3 is 10.2 Å². The third-order valence-corrected chi connectivity index (χ3v) is 7.37. The monoisotopic (exact) mass is 533 g/mol. The molecule has 2 aromatic carbocycles. The van der Waals surface area contributed by atoms with Gasteiger partial charge in [-0.15, -0.1) is 0 Å². The summed E-state index contributed by atoms with van der Waals surface area (Å²) in [6.45, 7) is 4.49. The molecule has 4 rings (SSSR count). The summed E-state index contributed by atoms with van der Waals surface area (Å²) in [5.74, 6) is -2.00. The van der Waals surface area contributed by atoms with Crippen molar-refractivity contribution in [3.05, 3.63) is 83.7 Å². The molecule has 206 valence electrons. The predicted molar refractivity (Wildman–Crippen MR) is 145 cm³/mol. The molecule has 1 aliphatic heterocycles. The third kappa shape index (κ3) is 6.99. The van der Waals surface area contributed by atoms with E-state index in [9.17, 15) is 23.6 Å². The molecule has 7 nitrogen and oxygen atoms in total. The zero-order valence-corrected chi connectivity index (χ0v) is 22.5. The van der Waals surface area contributed by atoms with Gasteiger partial charge in [0.1, 0.15) is 11.9 Å². The summed E-state index contributed by atoms with van der Waals surface area (Å²) in [6.07, 6.45) is 5.10. The minimum atomic E-state index is -0.833. The number of halogens is 1. The van der Waals surface area contributed by atoms with Crippen molar-refractivity contribution >= 4 is 23.6 Å². The first-order valence-corrected chi connectivity index (χ1v) is 13.6. The van der Waals surface area contributed by atoms with Crippen LogP contribution in [0.2, 0.25) is 0 Å². The number of carbonyl (C=O) groups excluding carboxylic acids is 4. The van der Waals surface area contributed by atoms with E-state index in [0.29, 0.717) is 24.9 Å². The van der Waals surface area contributed by atoms with Gasteiger partial charge in [-0.1, -0.05) is 68.5 Å². The molecule has 2 aliphatic rings. The maximum atomic E-state index is 13.8. The molecule has 1 heterocycles. The smallest absolute Gasteiger partial charge is 0.243 e. The van der Waals surface area contributed by atoms with Gasteiger partial charge in [0.05, 0.1) is 11.8 Å². The highest BCUT2D eigenvalue weighted by Gasteiger charge is 2.47. The Labute approximate surface area is 229 Å². The molecule has 39 heavy (non-hydrogen) atoms. The van der Waals surface area contributed by atoms with Crippen LogP contribution in [-0.2, 0) is 32.1 Å². The predicted octanol–water partition coefficient (Wildman–Crippen LogP) is 3.88. The van der Waals surface area contributed by atoms with Gasteiger partial charge in [-0.3, -0.25) is 24.1 Å². The van der Waals surface area contributed by atoms with E-state index in [2.05, 4.69) is 5.32 Å². The fourth-order valence-electron chi connectivity index (χ4n) is 5.20. The zero-order chi connectivity index (χ0) is 27.9. The lowest BCUT2D eigenvalue weighted by molar-refractivity contribution is -0.144. The fraction of sp³-hybridized carbons (Fsp3) is 0.419. The van der Waals surface area contributed by atoms with Crippen molar-refractivity contribution < 1.29 is 23.6 Å². The van der Waals surface area contributed by atoms with Crippen molar-refractivity contribution in [2.24, 2.45) is 17.8 Å². The van der Waals surface area contributed by atoms with E-state index < -0.39 is 11.9 Å². The van der Waals surface area contributed by atoms with Gasteiger partial charge in [0, 0.05) is 32.5 Å². The number of nitrogens with one attached hydrogen (secondary N) is 1. The fourth-order valence-corrected chi connectivity index (χ4v) is 5.20. The molecule has 0 radical (unpaired) electrons. The zero-order valence-electron chi connectivity index (χ0n) is 22.5. The normalized spacial score (nSPS) is 19.2. The molecule has 1 fully saturated rings. The highest BCUT2D eigenvalue weighted by Crippen LogP contribution is 2.35. The number of hydrogen-bond donors (Lipinski definition) is 1. The van der Waals surface area contributed by atoms with Gasteiger partial charge >= 0.3 is 0 Å². The van der Waals surface area contributed by atoms with Gasteiger partial charge in [-0.05, 0) is 42.0 Å². The maximum absolute atomic E-state index is 13.8. The van der Waals surface area contributed by atoms with E-state index in [1.54, 1.807) is 12.1 Å². The molecule has 1 saturated heterocycles. The lowest BCUT2D eigenvalue weighted by atomic mass is 9.85. The molecule has 2 aromatic rings. The maximum Gasteiger partial charge on any atom is 0.243 e. The molecule has 4 amide bonds. The number of likely N-dealkylation sites (tertiary alicyclic amines) is 1. The van der Waals surface area contributed by atoms with E-state index in [4.69, 9.17) is 0 Å². The van der Waals surface area contributed by atoms with Crippen LogP contribution in [0.4, 0.5) is 4.39 Å². The summed E-state index contributed by atoms with van der Waals surface area (Å²) in [6, 6.07) is 14.4. The van der Waals surface area contributed by atoms with Gasteiger partial charge in [0.15, 0.2) is 0 Å². The number of imide groups is 1. The molecular formula is C31H36FN3O4. The Hall–Kier alpha value is -3.81. The topological polar surface area (TPSA) is 86.8 Å². The van der Waals surface area contributed by atoms with Gasteiger partial charge in [0.25, 0.3) is 0 Å². The highest BCUT2D eigenvalue weighted by molar-refractivity contribution is 6.05. The Morgan fingerprint density at radius 2 is 1.56 bits per heavy atom. The Bertz CT molecular complexity index is 1190. The average Bonchev–Trinajstić information content (AvgIpc) is 3.18. The summed E-state index contributed by atoms with van der Waals surface area (Å²) in [5.41, 5.74) is 1.56. The molecule has 3 atom stereocenters.